The van der Waals surface area contributed by atoms with Crippen LogP contribution in [0.5, 0.6) is 0 Å². The molecule has 0 aliphatic carbocycles. The molecular formula is C3H5O3Pd. The zero-order valence-corrected chi connectivity index (χ0v) is 5.30. The van der Waals surface area contributed by atoms with E-state index in [2.05, 4.69) is 0 Å². The summed E-state index contributed by atoms with van der Waals surface area (Å²) in [5.41, 5.74) is 0. The van der Waals surface area contributed by atoms with Crippen molar-refractivity contribution in [2.45, 2.75) is 13.3 Å². The number of carboxylic acid groups (broad SMARTS) is 1. The summed E-state index contributed by atoms with van der Waals surface area (Å²) >= 11 is 1.50. The Hall–Kier alpha value is -0.0677. The quantitative estimate of drug-likeness (QED) is 0.506. The van der Waals surface area contributed by atoms with Crippen LogP contribution in [0, 0.1) is 0 Å². The summed E-state index contributed by atoms with van der Waals surface area (Å²) < 4.78 is 8.10. The van der Waals surface area contributed by atoms with Crippen molar-refractivity contribution < 1.29 is 32.5 Å². The van der Waals surface area contributed by atoms with Crippen LogP contribution in [0.3, 0.4) is 0 Å². The van der Waals surface area contributed by atoms with Gasteiger partial charge in [-0.05, 0) is 6.42 Å². The monoisotopic (exact) mass is 195 g/mol. The SMILES string of the molecule is CCC(=O)[O-].[O]=[Pd+]. The van der Waals surface area contributed by atoms with E-state index in [0.717, 1.165) is 0 Å². The molecule has 45 valence electrons. The summed E-state index contributed by atoms with van der Waals surface area (Å²) in [7, 11) is 0. The topological polar surface area (TPSA) is 57.2 Å². The van der Waals surface area contributed by atoms with E-state index in [4.69, 9.17) is 3.47 Å². The summed E-state index contributed by atoms with van der Waals surface area (Å²) in [5.74, 6) is -0.995. The fourth-order valence-electron chi connectivity index (χ4n) is 0. The molecule has 0 amide bonds. The molecule has 0 rings (SSSR count). The first-order chi connectivity index (χ1) is 3.27. The second-order valence-corrected chi connectivity index (χ2v) is 0.726. The van der Waals surface area contributed by atoms with Crippen molar-refractivity contribution in [2.75, 3.05) is 0 Å². The van der Waals surface area contributed by atoms with Crippen LogP contribution in [0.15, 0.2) is 0 Å². The van der Waals surface area contributed by atoms with Gasteiger partial charge in [0.15, 0.2) is 0 Å². The molecule has 0 unspecified atom stereocenters. The van der Waals surface area contributed by atoms with Gasteiger partial charge in [-0.1, -0.05) is 6.92 Å². The first-order valence-corrected chi connectivity index (χ1v) is 2.23. The Morgan fingerprint density at radius 3 is 1.86 bits per heavy atom. The molecule has 0 heterocycles. The molecule has 0 aliphatic rings. The summed E-state index contributed by atoms with van der Waals surface area (Å²) in [4.78, 5) is 9.26. The van der Waals surface area contributed by atoms with Crippen molar-refractivity contribution >= 4 is 5.97 Å². The minimum absolute atomic E-state index is 0.111. The van der Waals surface area contributed by atoms with Gasteiger partial charge in [0.1, 0.15) is 0 Å². The average Bonchev–Trinajstić information content (AvgIpc) is 1.73. The number of hydrogen-bond acceptors (Lipinski definition) is 3. The van der Waals surface area contributed by atoms with Gasteiger partial charge >= 0.3 is 22.6 Å². The third kappa shape index (κ3) is 24.6. The van der Waals surface area contributed by atoms with Crippen LogP contribution < -0.4 is 5.11 Å². The molecule has 4 heteroatoms. The van der Waals surface area contributed by atoms with Crippen LogP contribution in [0.2, 0.25) is 0 Å². The van der Waals surface area contributed by atoms with Gasteiger partial charge in [-0.15, -0.1) is 0 Å². The molecule has 0 spiro atoms. The maximum absolute atomic E-state index is 9.26. The van der Waals surface area contributed by atoms with E-state index in [0.29, 0.717) is 0 Å². The predicted octanol–water partition coefficient (Wildman–Crippen LogP) is -0.975. The number of aliphatic carboxylic acids is 1. The first-order valence-electron chi connectivity index (χ1n) is 1.60. The van der Waals surface area contributed by atoms with E-state index >= 15 is 0 Å². The van der Waals surface area contributed by atoms with Gasteiger partial charge in [-0.25, -0.2) is 0 Å². The van der Waals surface area contributed by atoms with Gasteiger partial charge in [-0.2, -0.15) is 0 Å². The van der Waals surface area contributed by atoms with Gasteiger partial charge in [0.2, 0.25) is 0 Å². The van der Waals surface area contributed by atoms with Crippen molar-refractivity contribution in [3.8, 4) is 0 Å². The van der Waals surface area contributed by atoms with E-state index in [9.17, 15) is 9.90 Å². The Kier molecular flexibility index (Phi) is 13.4. The third-order valence-corrected chi connectivity index (χ3v) is 0.289. The Labute approximate surface area is 52.4 Å². The summed E-state index contributed by atoms with van der Waals surface area (Å²) in [6.07, 6.45) is 0.111. The number of carbonyl (C=O) groups excluding carboxylic acids is 1. The molecule has 0 bridgehead atoms. The second kappa shape index (κ2) is 9.33. The van der Waals surface area contributed by atoms with Crippen molar-refractivity contribution in [3.63, 3.8) is 0 Å². The Bertz CT molecular complexity index is 54.1. The van der Waals surface area contributed by atoms with Gasteiger partial charge in [0.05, 0.1) is 0 Å². The number of carbonyl (C=O) groups is 1. The van der Waals surface area contributed by atoms with Gasteiger partial charge in [0.25, 0.3) is 0 Å². The van der Waals surface area contributed by atoms with Crippen molar-refractivity contribution in [1.29, 1.82) is 0 Å². The van der Waals surface area contributed by atoms with Crippen LogP contribution in [0.1, 0.15) is 13.3 Å². The predicted molar refractivity (Wildman–Crippen MR) is 16.0 cm³/mol. The molecule has 3 nitrogen and oxygen atoms in total. The molecule has 7 heavy (non-hydrogen) atoms. The van der Waals surface area contributed by atoms with E-state index in [1.165, 1.54) is 26.1 Å². The molecular weight excluding hydrogens is 190 g/mol. The molecule has 0 radical (unpaired) electrons. The van der Waals surface area contributed by atoms with E-state index in [-0.39, 0.29) is 6.42 Å². The van der Waals surface area contributed by atoms with E-state index < -0.39 is 5.97 Å². The normalized spacial score (nSPS) is 6.00. The zero-order chi connectivity index (χ0) is 6.28. The van der Waals surface area contributed by atoms with Crippen LogP contribution >= 0.6 is 0 Å². The Morgan fingerprint density at radius 2 is 1.86 bits per heavy atom. The van der Waals surface area contributed by atoms with Crippen molar-refractivity contribution in [3.05, 3.63) is 0 Å². The number of hydrogen-bond donors (Lipinski definition) is 0. The van der Waals surface area contributed by atoms with Crippen LogP contribution in [0.25, 0.3) is 0 Å². The van der Waals surface area contributed by atoms with Gasteiger partial charge < -0.3 is 9.90 Å². The summed E-state index contributed by atoms with van der Waals surface area (Å²) in [5, 5.41) is 9.26. The zero-order valence-electron chi connectivity index (χ0n) is 3.75. The second-order valence-electron chi connectivity index (χ2n) is 0.726. The summed E-state index contributed by atoms with van der Waals surface area (Å²) in [6.45, 7) is 1.54. The molecule has 0 N–H and O–H groups in total. The van der Waals surface area contributed by atoms with Crippen LogP contribution in [0.4, 0.5) is 0 Å². The molecule has 0 aromatic rings. The summed E-state index contributed by atoms with van der Waals surface area (Å²) in [6, 6.07) is 0. The Morgan fingerprint density at radius 1 is 1.71 bits per heavy atom. The van der Waals surface area contributed by atoms with Crippen molar-refractivity contribution in [1.82, 2.24) is 0 Å². The van der Waals surface area contributed by atoms with E-state index in [1.807, 2.05) is 0 Å². The van der Waals surface area contributed by atoms with Crippen LogP contribution in [-0.4, -0.2) is 5.97 Å². The molecule has 0 aromatic heterocycles. The number of rotatable bonds is 1. The molecule has 0 atom stereocenters. The average molecular weight is 195 g/mol. The first kappa shape index (κ1) is 10.0. The molecule has 0 saturated carbocycles. The van der Waals surface area contributed by atoms with Crippen LogP contribution in [-0.2, 0) is 27.4 Å². The molecule has 0 aliphatic heterocycles. The fourth-order valence-corrected chi connectivity index (χ4v) is 0. The Balaban J connectivity index is 0. The van der Waals surface area contributed by atoms with E-state index in [1.54, 1.807) is 0 Å². The standard InChI is InChI=1S/C3H6O2.O.Pd/c1-2-3(4)5;;/h2H2,1H3,(H,4,5);;/q;;+1/p-1. The van der Waals surface area contributed by atoms with Gasteiger partial charge in [-0.3, -0.25) is 0 Å². The van der Waals surface area contributed by atoms with Crippen molar-refractivity contribution in [2.24, 2.45) is 0 Å². The molecule has 0 fully saturated rings. The fraction of sp³-hybridized carbons (Fsp3) is 0.667. The molecule has 0 saturated heterocycles. The van der Waals surface area contributed by atoms with Gasteiger partial charge in [0, 0.05) is 5.97 Å². The maximum atomic E-state index is 9.26. The number of carboxylic acids is 1. The minimum atomic E-state index is -0.995. The third-order valence-electron chi connectivity index (χ3n) is 0.289. The molecule has 0 aromatic carbocycles.